The van der Waals surface area contributed by atoms with E-state index in [9.17, 15) is 0 Å². The predicted octanol–water partition coefficient (Wildman–Crippen LogP) is -0.0571. The van der Waals surface area contributed by atoms with Gasteiger partial charge in [-0.3, -0.25) is 4.52 Å². The molecule has 0 aliphatic rings. The van der Waals surface area contributed by atoms with Crippen molar-refractivity contribution in [1.29, 1.82) is 0 Å². The van der Waals surface area contributed by atoms with Gasteiger partial charge in [-0.2, -0.15) is 0 Å². The smallest absolute Gasteiger partial charge is 0.329 e. The van der Waals surface area contributed by atoms with Crippen LogP contribution in [0.3, 0.4) is 0 Å². The van der Waals surface area contributed by atoms with Gasteiger partial charge in [-0.25, -0.2) is 0 Å². The van der Waals surface area contributed by atoms with Crippen LogP contribution in [0.2, 0.25) is 0 Å². The summed E-state index contributed by atoms with van der Waals surface area (Å²) in [5.74, 6) is 0. The molecule has 0 aliphatic carbocycles. The monoisotopic (exact) mass is 140 g/mol. The van der Waals surface area contributed by atoms with E-state index in [1.54, 1.807) is 6.92 Å². The maximum atomic E-state index is 8.50. The van der Waals surface area contributed by atoms with E-state index in [1.807, 2.05) is 0 Å². The zero-order valence-electron chi connectivity index (χ0n) is 4.48. The Labute approximate surface area is 48.7 Å². The Kier molecular flexibility index (Phi) is 4.32. The topological polar surface area (TPSA) is 69.9 Å². The van der Waals surface area contributed by atoms with Crippen molar-refractivity contribution in [3.8, 4) is 0 Å². The molecule has 0 rings (SSSR count). The van der Waals surface area contributed by atoms with Gasteiger partial charge in [0.05, 0.1) is 0 Å². The molecule has 50 valence electrons. The molecule has 1 atom stereocenters. The van der Waals surface area contributed by atoms with Gasteiger partial charge in [-0.1, -0.05) is 6.92 Å². The molecule has 0 heterocycles. The molecular formula is C3H9O4P. The highest BCUT2D eigenvalue weighted by molar-refractivity contribution is 7.39. The Morgan fingerprint density at radius 2 is 2.12 bits per heavy atom. The number of aliphatic hydroxyl groups excluding tert-OH is 1. The van der Waals surface area contributed by atoms with Crippen LogP contribution in [0, 0.1) is 0 Å². The van der Waals surface area contributed by atoms with Gasteiger partial charge in [-0.15, -0.1) is 0 Å². The van der Waals surface area contributed by atoms with Gasteiger partial charge in [-0.05, 0) is 6.42 Å². The molecule has 1 unspecified atom stereocenters. The molecule has 5 heteroatoms. The molecule has 0 aromatic carbocycles. The minimum Gasteiger partial charge on any atom is -0.368 e. The van der Waals surface area contributed by atoms with Gasteiger partial charge < -0.3 is 14.9 Å². The van der Waals surface area contributed by atoms with Crippen molar-refractivity contribution >= 4 is 8.60 Å². The normalized spacial score (nSPS) is 14.6. The van der Waals surface area contributed by atoms with E-state index in [-0.39, 0.29) is 0 Å². The summed E-state index contributed by atoms with van der Waals surface area (Å²) in [7, 11) is -2.40. The van der Waals surface area contributed by atoms with Gasteiger partial charge in [0.25, 0.3) is 0 Å². The Bertz CT molecular complexity index is 57.2. The van der Waals surface area contributed by atoms with Crippen LogP contribution in [0.15, 0.2) is 0 Å². The van der Waals surface area contributed by atoms with Crippen molar-refractivity contribution in [2.45, 2.75) is 19.6 Å². The SMILES string of the molecule is CCC(O)OP(O)O. The zero-order chi connectivity index (χ0) is 6.57. The highest BCUT2D eigenvalue weighted by atomic mass is 31.2. The van der Waals surface area contributed by atoms with Crippen molar-refractivity contribution in [3.05, 3.63) is 0 Å². The molecule has 0 aliphatic heterocycles. The molecule has 0 spiro atoms. The second kappa shape index (κ2) is 4.18. The first-order chi connectivity index (χ1) is 3.66. The van der Waals surface area contributed by atoms with Crippen molar-refractivity contribution in [1.82, 2.24) is 0 Å². The first kappa shape index (κ1) is 8.27. The third kappa shape index (κ3) is 4.43. The largest absolute Gasteiger partial charge is 0.368 e. The first-order valence-electron chi connectivity index (χ1n) is 2.19. The molecule has 0 fully saturated rings. The number of hydrogen-bond donors (Lipinski definition) is 3. The van der Waals surface area contributed by atoms with E-state index < -0.39 is 14.9 Å². The van der Waals surface area contributed by atoms with Gasteiger partial charge in [0.2, 0.25) is 0 Å². The standard InChI is InChI=1S/C3H9O4P/c1-2-3(4)7-8(5)6/h3-6H,2H2,1H3. The minimum atomic E-state index is -2.40. The summed E-state index contributed by atoms with van der Waals surface area (Å²) in [4.78, 5) is 16.2. The van der Waals surface area contributed by atoms with E-state index in [2.05, 4.69) is 4.52 Å². The molecule has 0 bridgehead atoms. The van der Waals surface area contributed by atoms with E-state index in [0.717, 1.165) is 0 Å². The third-order valence-electron chi connectivity index (χ3n) is 0.565. The predicted molar refractivity (Wildman–Crippen MR) is 28.7 cm³/mol. The molecule has 0 amide bonds. The average molecular weight is 140 g/mol. The molecule has 0 aromatic heterocycles. The van der Waals surface area contributed by atoms with Gasteiger partial charge in [0.15, 0.2) is 6.29 Å². The second-order valence-electron chi connectivity index (χ2n) is 1.22. The number of hydrogen-bond acceptors (Lipinski definition) is 4. The molecule has 3 N–H and O–H groups in total. The highest BCUT2D eigenvalue weighted by Crippen LogP contribution is 2.26. The lowest BCUT2D eigenvalue weighted by Crippen LogP contribution is -2.05. The van der Waals surface area contributed by atoms with Crippen LogP contribution in [-0.2, 0) is 4.52 Å². The van der Waals surface area contributed by atoms with Gasteiger partial charge in [0.1, 0.15) is 0 Å². The van der Waals surface area contributed by atoms with E-state index in [0.29, 0.717) is 6.42 Å². The summed E-state index contributed by atoms with van der Waals surface area (Å²) in [6.07, 6.45) is -0.684. The maximum Gasteiger partial charge on any atom is 0.329 e. The molecular weight excluding hydrogens is 131 g/mol. The summed E-state index contributed by atoms with van der Waals surface area (Å²) in [6.45, 7) is 1.67. The lowest BCUT2D eigenvalue weighted by molar-refractivity contribution is -0.0265. The van der Waals surface area contributed by atoms with Crippen molar-refractivity contribution in [3.63, 3.8) is 0 Å². The summed E-state index contributed by atoms with van der Waals surface area (Å²) in [5.41, 5.74) is 0. The van der Waals surface area contributed by atoms with Crippen LogP contribution in [-0.4, -0.2) is 21.2 Å². The third-order valence-corrected chi connectivity index (χ3v) is 0.997. The van der Waals surface area contributed by atoms with E-state index >= 15 is 0 Å². The van der Waals surface area contributed by atoms with Crippen LogP contribution in [0.1, 0.15) is 13.3 Å². The van der Waals surface area contributed by atoms with Gasteiger partial charge >= 0.3 is 8.60 Å². The van der Waals surface area contributed by atoms with Gasteiger partial charge in [0, 0.05) is 0 Å². The zero-order valence-corrected chi connectivity index (χ0v) is 5.38. The van der Waals surface area contributed by atoms with E-state index in [1.165, 1.54) is 0 Å². The average Bonchev–Trinajstić information content (AvgIpc) is 1.65. The first-order valence-corrected chi connectivity index (χ1v) is 3.36. The molecule has 0 saturated carbocycles. The van der Waals surface area contributed by atoms with Crippen LogP contribution in [0.4, 0.5) is 0 Å². The van der Waals surface area contributed by atoms with Crippen LogP contribution < -0.4 is 0 Å². The molecule has 4 nitrogen and oxygen atoms in total. The minimum absolute atomic E-state index is 0.361. The maximum absolute atomic E-state index is 8.50. The fraction of sp³-hybridized carbons (Fsp3) is 1.00. The molecule has 0 aromatic rings. The Morgan fingerprint density at radius 1 is 1.62 bits per heavy atom. The van der Waals surface area contributed by atoms with Crippen LogP contribution >= 0.6 is 8.60 Å². The Balaban J connectivity index is 3.10. The van der Waals surface area contributed by atoms with E-state index in [4.69, 9.17) is 14.9 Å². The molecule has 8 heavy (non-hydrogen) atoms. The molecule has 0 saturated heterocycles. The van der Waals surface area contributed by atoms with Crippen LogP contribution in [0.25, 0.3) is 0 Å². The number of aliphatic hydroxyl groups is 1. The summed E-state index contributed by atoms with van der Waals surface area (Å²) in [5, 5.41) is 8.50. The number of rotatable bonds is 3. The Morgan fingerprint density at radius 3 is 2.25 bits per heavy atom. The lowest BCUT2D eigenvalue weighted by Gasteiger charge is -2.07. The van der Waals surface area contributed by atoms with Crippen molar-refractivity contribution < 1.29 is 19.4 Å². The Hall–Kier alpha value is 0.270. The summed E-state index contributed by atoms with van der Waals surface area (Å²) < 4.78 is 4.13. The lowest BCUT2D eigenvalue weighted by atomic mass is 10.5. The van der Waals surface area contributed by atoms with Crippen LogP contribution in [0.5, 0.6) is 0 Å². The highest BCUT2D eigenvalue weighted by Gasteiger charge is 2.05. The fourth-order valence-corrected chi connectivity index (χ4v) is 0.550. The summed E-state index contributed by atoms with van der Waals surface area (Å²) >= 11 is 0. The van der Waals surface area contributed by atoms with Crippen molar-refractivity contribution in [2.75, 3.05) is 0 Å². The fourth-order valence-electron chi connectivity index (χ4n) is 0.183. The van der Waals surface area contributed by atoms with Crippen molar-refractivity contribution in [2.24, 2.45) is 0 Å². The summed E-state index contributed by atoms with van der Waals surface area (Å²) in [6, 6.07) is 0. The quantitative estimate of drug-likeness (QED) is 0.379. The second-order valence-corrected chi connectivity index (χ2v) is 1.94. The molecule has 0 radical (unpaired) electrons.